The Morgan fingerprint density at radius 3 is 1.33 bits per heavy atom. The number of amides is 2. The highest BCUT2D eigenvalue weighted by atomic mass is 32.2. The monoisotopic (exact) mass is 1990 g/mol. The number of amidine groups is 1. The molecule has 2 saturated heterocycles. The molecule has 2 fully saturated rings. The maximum atomic E-state index is 12.5. The van der Waals surface area contributed by atoms with E-state index in [2.05, 4.69) is 58.8 Å². The molecule has 776 valence electrons. The number of aromatic nitrogens is 8. The van der Waals surface area contributed by atoms with Gasteiger partial charge in [-0.3, -0.25) is 70.2 Å². The van der Waals surface area contributed by atoms with E-state index in [0.717, 1.165) is 54.5 Å². The van der Waals surface area contributed by atoms with Crippen molar-refractivity contribution in [2.45, 2.75) is 255 Å². The Hall–Kier alpha value is -11.2. The van der Waals surface area contributed by atoms with Gasteiger partial charge in [-0.2, -0.15) is 0 Å². The number of rotatable bonds is 35. The number of nitrogens with one attached hydrogen (secondary N) is 1. The van der Waals surface area contributed by atoms with Crippen LogP contribution in [0.2, 0.25) is 0 Å². The van der Waals surface area contributed by atoms with E-state index in [0.29, 0.717) is 137 Å². The van der Waals surface area contributed by atoms with E-state index in [4.69, 9.17) is 71.8 Å². The fourth-order valence-electron chi connectivity index (χ4n) is 15.7. The van der Waals surface area contributed by atoms with E-state index >= 15 is 0 Å². The fourth-order valence-corrected chi connectivity index (χ4v) is 16.7. The van der Waals surface area contributed by atoms with Crippen molar-refractivity contribution < 1.29 is 75.9 Å². The summed E-state index contributed by atoms with van der Waals surface area (Å²) < 4.78 is 88.2. The average Bonchev–Trinajstić information content (AvgIpc) is 1.68. The molecule has 0 aromatic carbocycles. The molecule has 10 aliphatic rings. The first-order chi connectivity index (χ1) is 67.6. The van der Waals surface area contributed by atoms with Gasteiger partial charge in [0, 0.05) is 187 Å². The van der Waals surface area contributed by atoms with Gasteiger partial charge in [0.15, 0.2) is 31.1 Å². The van der Waals surface area contributed by atoms with E-state index in [-0.39, 0.29) is 119 Å². The molecule has 0 spiro atoms. The molecular formula is C98H144N18O24S. The number of nitrogens with zero attached hydrogens (tertiary/aromatic N) is 17. The van der Waals surface area contributed by atoms with Crippen LogP contribution in [0.5, 0.6) is 0 Å². The standard InChI is InChI=1S/C16H24N2O4.C15H25N3O2S.C14H21N5O4.C14H20N2O4.C13H18N2O4.2C13H18N2O3/c1-4-8-17-15(19)12(3)10-18(16(17)20)14-7-6-13(22-14)11-21-9-5-2;1-5-17(6-2)13-8-9-18(12(4)16-13)14-11-21-15(20-14)10-19-7-3;1-4-18-13(20)9(3)7-19(14(18)21)12-6-10(16-17-15)11(23-12)8-22-5-2;1-4-15-13(17)10(3)8-16(14(15)18)12-7-6-11(20-12)9-19-5-2;1-4-14-12(16)9(2)7-15(13(14)17)11-6-5-10(19-11)8-18-3;1-9-7-15(10(2)14(3)13(9)16)12-6-5-11(18-12)8-17-4;1-4-17-8-11-5-6-12(18-11)15-7-9(2)13(16)14-10(15)3/h6-7,10,13-14H,4-5,8-9,11H2,1-3H3;8-9,14-15H,4-7,10-11H2,1-3H3;7,10-12H,4-6,8H2,1-3H3;6-8,11-12H,4-5,9H2,1-3H3;5-7,10-11H,4,8H2,1-3H3;5-7,11-12H,2,8H2,1,3-4H3;5-7,11-12H,3-4,8H2,1-2H3,(H,14,16)/t13-,14+;14-,15+;10?,11-,12-;11-,12+;10-,11+;2*11-,12+/m0110000/s1. The maximum Gasteiger partial charge on any atom is 0.333 e. The summed E-state index contributed by atoms with van der Waals surface area (Å²) in [6.45, 7) is 53.2. The van der Waals surface area contributed by atoms with Crippen molar-refractivity contribution in [3.8, 4) is 0 Å². The molecule has 141 heavy (non-hydrogen) atoms. The molecule has 10 aliphatic heterocycles. The third-order valence-electron chi connectivity index (χ3n) is 23.2. The van der Waals surface area contributed by atoms with E-state index in [1.54, 1.807) is 137 Å². The third-order valence-corrected chi connectivity index (χ3v) is 24.3. The number of azide groups is 1. The number of hydrogen-bond acceptors (Lipinski definition) is 31. The lowest BCUT2D eigenvalue weighted by Crippen LogP contribution is -2.43. The number of aliphatic imine (C=N–C) groups is 1. The van der Waals surface area contributed by atoms with Gasteiger partial charge < -0.3 is 91.2 Å². The second-order valence-electron chi connectivity index (χ2n) is 33.4. The van der Waals surface area contributed by atoms with Crippen LogP contribution in [0.3, 0.4) is 0 Å². The van der Waals surface area contributed by atoms with Crippen molar-refractivity contribution in [1.29, 1.82) is 0 Å². The van der Waals surface area contributed by atoms with Gasteiger partial charge in [0.05, 0.1) is 58.4 Å². The van der Waals surface area contributed by atoms with Crippen LogP contribution in [0.25, 0.3) is 10.4 Å². The predicted octanol–water partition coefficient (Wildman–Crippen LogP) is 8.87. The number of likely N-dealkylation sites (N-methyl/N-ethyl adjacent to an activating group) is 2. The highest BCUT2D eigenvalue weighted by Crippen LogP contribution is 2.34. The Labute approximate surface area is 826 Å². The van der Waals surface area contributed by atoms with E-state index < -0.39 is 42.7 Å². The van der Waals surface area contributed by atoms with Crippen LogP contribution in [-0.2, 0) is 102 Å². The Bertz CT molecular complexity index is 5770. The summed E-state index contributed by atoms with van der Waals surface area (Å²) in [5.74, 6) is 3.59. The summed E-state index contributed by atoms with van der Waals surface area (Å²) in [6.07, 6.45) is 31.2. The average molecular weight is 1990 g/mol. The molecule has 1 unspecified atom stereocenters. The molecule has 1 N–H and O–H groups in total. The Balaban J connectivity index is 0.000000202. The molecule has 0 aliphatic carbocycles. The van der Waals surface area contributed by atoms with Crippen LogP contribution in [0.4, 0.5) is 0 Å². The lowest BCUT2D eigenvalue weighted by molar-refractivity contribution is -0.127. The second kappa shape index (κ2) is 57.2. The number of carbonyl (C=O) groups is 2. The zero-order chi connectivity index (χ0) is 103. The van der Waals surface area contributed by atoms with Crippen LogP contribution < -0.4 is 50.3 Å². The second-order valence-corrected chi connectivity index (χ2v) is 34.6. The van der Waals surface area contributed by atoms with Gasteiger partial charge >= 0.3 is 22.8 Å². The van der Waals surface area contributed by atoms with Crippen LogP contribution >= 0.6 is 11.8 Å². The van der Waals surface area contributed by atoms with Gasteiger partial charge in [-0.1, -0.05) is 69.1 Å². The molecule has 0 saturated carbocycles. The van der Waals surface area contributed by atoms with Gasteiger partial charge in [0.1, 0.15) is 71.7 Å². The summed E-state index contributed by atoms with van der Waals surface area (Å²) in [5, 5.41) is 6.43. The number of aryl methyl sites for hydroxylation is 4. The maximum absolute atomic E-state index is 12.5. The molecule has 42 nitrogen and oxygen atoms in total. The first-order valence-corrected chi connectivity index (χ1v) is 48.9. The number of thioether (sulfide) groups is 1. The van der Waals surface area contributed by atoms with Crippen LogP contribution in [0, 0.1) is 27.7 Å². The van der Waals surface area contributed by atoms with Crippen LogP contribution in [-0.4, -0.2) is 265 Å². The molecule has 0 radical (unpaired) electrons. The van der Waals surface area contributed by atoms with Gasteiger partial charge in [-0.15, -0.1) is 11.8 Å². The number of hydrogen-bond donors (Lipinski definition) is 1. The van der Waals surface area contributed by atoms with Crippen molar-refractivity contribution in [3.63, 3.8) is 0 Å². The molecular weight excluding hydrogens is 1850 g/mol. The van der Waals surface area contributed by atoms with E-state index in [9.17, 15) is 47.9 Å². The van der Waals surface area contributed by atoms with E-state index in [1.165, 1.54) is 43.1 Å². The highest BCUT2D eigenvalue weighted by Gasteiger charge is 2.39. The van der Waals surface area contributed by atoms with Crippen molar-refractivity contribution >= 4 is 29.4 Å². The SMILES string of the molecule is C=C1N(C)C(=O)C(C)=CN1[C@H]1C=C[C@@H](COC)O1.C=C1N=C(N(CC)CC)C=CN1[C@H]1CS[C@@H](COCC)O1.C=C1NC(=O)C(C)=CN1[C@H]1C=C[C@@H](COCC)O1.CCCOC[C@@H]1C=C[C@H](n2cc(C)c(=O)n(CCC)c2=O)O1.CCOC[C@@H]1C=C[C@H](n2cc(C)c(=O)n(CC)c2=O)O1.CCOC[C@H]1O[C@@H](n2cc(C)c(=O)n(CC)c2=O)CC1N=[N+]=[N-].CCn1c(=O)c(C)cn([C@H]2C=C[C@@H](COC)O2)c1=O. The molecule has 14 rings (SSSR count). The molecule has 4 aromatic rings. The summed E-state index contributed by atoms with van der Waals surface area (Å²) in [5.41, 5.74) is 9.64. The third kappa shape index (κ3) is 30.9. The van der Waals surface area contributed by atoms with Crippen molar-refractivity contribution in [1.82, 2.24) is 66.4 Å². The van der Waals surface area contributed by atoms with Gasteiger partial charge in [-0.05, 0) is 159 Å². The fraction of sp³-hybridized carbons (Fsp3) is 0.582. The Morgan fingerprint density at radius 2 is 0.894 bits per heavy atom. The van der Waals surface area contributed by atoms with E-state index in [1.807, 2.05) is 118 Å². The minimum atomic E-state index is -0.583. The lowest BCUT2D eigenvalue weighted by atomic mass is 10.1. The summed E-state index contributed by atoms with van der Waals surface area (Å²) in [7, 11) is 4.94. The number of methoxy groups -OCH3 is 2. The smallest absolute Gasteiger partial charge is 0.333 e. The minimum absolute atomic E-state index is 0.00814. The van der Waals surface area contributed by atoms with Crippen LogP contribution in [0.15, 0.2) is 207 Å². The normalized spacial score (nSPS) is 24.0. The first kappa shape index (κ1) is 115. The van der Waals surface area contributed by atoms with Crippen molar-refractivity contribution in [2.24, 2.45) is 10.1 Å². The minimum Gasteiger partial charge on any atom is -0.382 e. The summed E-state index contributed by atoms with van der Waals surface area (Å²) in [6, 6.07) is -0.411. The quantitative estimate of drug-likeness (QED) is 0.0148. The zero-order valence-corrected chi connectivity index (χ0v) is 85.9. The number of carbonyl (C=O) groups excluding carboxylic acids is 2. The summed E-state index contributed by atoms with van der Waals surface area (Å²) >= 11 is 1.78. The lowest BCUT2D eigenvalue weighted by Gasteiger charge is -2.37. The molecule has 43 heteroatoms. The zero-order valence-electron chi connectivity index (χ0n) is 85.0. The largest absolute Gasteiger partial charge is 0.382 e. The molecule has 2 amide bonds. The molecule has 0 bridgehead atoms. The molecule has 15 atom stereocenters. The molecule has 14 heterocycles. The highest BCUT2D eigenvalue weighted by molar-refractivity contribution is 8.00. The summed E-state index contributed by atoms with van der Waals surface area (Å²) in [4.78, 5) is 137. The topological polar surface area (TPSA) is 429 Å². The Morgan fingerprint density at radius 1 is 0.482 bits per heavy atom. The molecule has 4 aromatic heterocycles. The van der Waals surface area contributed by atoms with Gasteiger partial charge in [0.25, 0.3) is 34.1 Å². The van der Waals surface area contributed by atoms with Gasteiger partial charge in [0.2, 0.25) is 0 Å². The number of ether oxygens (including phenoxy) is 14. The predicted molar refractivity (Wildman–Crippen MR) is 535 cm³/mol. The Kier molecular flexibility index (Phi) is 46.6. The first-order valence-electron chi connectivity index (χ1n) is 47.8. The van der Waals surface area contributed by atoms with Gasteiger partial charge in [-0.25, -0.2) is 24.2 Å². The van der Waals surface area contributed by atoms with Crippen LogP contribution in [0.1, 0.15) is 156 Å². The van der Waals surface area contributed by atoms with Crippen molar-refractivity contribution in [2.75, 3.05) is 119 Å². The van der Waals surface area contributed by atoms with Crippen molar-refractivity contribution in [3.05, 3.63) is 275 Å².